The number of hydrogen-bond donors (Lipinski definition) is 0. The molecule has 0 bridgehead atoms. The van der Waals surface area contributed by atoms with E-state index in [1.807, 2.05) is 68.4 Å². The van der Waals surface area contributed by atoms with Crippen LogP contribution in [0.5, 0.6) is 0 Å². The highest BCUT2D eigenvalue weighted by Crippen LogP contribution is 2.20. The van der Waals surface area contributed by atoms with Gasteiger partial charge < -0.3 is 0 Å². The van der Waals surface area contributed by atoms with E-state index in [0.717, 1.165) is 11.1 Å². The Balaban J connectivity index is 2.23. The topological polar surface area (TPSA) is 17.1 Å². The Hall–Kier alpha value is -1.89. The fraction of sp³-hybridized carbons (Fsp3) is 0.188. The van der Waals surface area contributed by atoms with Crippen LogP contribution in [0.3, 0.4) is 0 Å². The minimum atomic E-state index is -0.0852. The SMILES string of the molecule is Cc1ccc([C@H](C)C(=O)c2ccccc2)cc1. The number of carbonyl (C=O) groups excluding carboxylic acids is 1. The first-order valence-electron chi connectivity index (χ1n) is 5.84. The van der Waals surface area contributed by atoms with E-state index in [2.05, 4.69) is 0 Å². The molecule has 1 atom stereocenters. The first kappa shape index (κ1) is 11.6. The summed E-state index contributed by atoms with van der Waals surface area (Å²) in [6.07, 6.45) is 0. The summed E-state index contributed by atoms with van der Waals surface area (Å²) in [4.78, 5) is 12.2. The van der Waals surface area contributed by atoms with Crippen molar-refractivity contribution in [2.75, 3.05) is 0 Å². The molecular formula is C16H16O. The lowest BCUT2D eigenvalue weighted by Gasteiger charge is -2.11. The smallest absolute Gasteiger partial charge is 0.170 e. The Morgan fingerprint density at radius 1 is 0.941 bits per heavy atom. The number of rotatable bonds is 3. The van der Waals surface area contributed by atoms with Crippen LogP contribution in [0.4, 0.5) is 0 Å². The number of carbonyl (C=O) groups is 1. The molecular weight excluding hydrogens is 208 g/mol. The molecule has 0 aliphatic carbocycles. The molecule has 0 fully saturated rings. The third-order valence-electron chi connectivity index (χ3n) is 3.03. The first-order chi connectivity index (χ1) is 8.18. The van der Waals surface area contributed by atoms with Crippen molar-refractivity contribution in [1.82, 2.24) is 0 Å². The lowest BCUT2D eigenvalue weighted by Crippen LogP contribution is -2.09. The third kappa shape index (κ3) is 2.62. The minimum Gasteiger partial charge on any atom is -0.294 e. The zero-order valence-corrected chi connectivity index (χ0v) is 10.2. The molecule has 86 valence electrons. The fourth-order valence-corrected chi connectivity index (χ4v) is 1.86. The predicted molar refractivity (Wildman–Crippen MR) is 70.4 cm³/mol. The molecule has 0 amide bonds. The third-order valence-corrected chi connectivity index (χ3v) is 3.03. The number of hydrogen-bond acceptors (Lipinski definition) is 1. The van der Waals surface area contributed by atoms with E-state index in [9.17, 15) is 4.79 Å². The van der Waals surface area contributed by atoms with Gasteiger partial charge in [0, 0.05) is 11.5 Å². The quantitative estimate of drug-likeness (QED) is 0.721. The maximum absolute atomic E-state index is 12.2. The van der Waals surface area contributed by atoms with E-state index < -0.39 is 0 Å². The van der Waals surface area contributed by atoms with Gasteiger partial charge in [0.25, 0.3) is 0 Å². The number of Topliss-reactive ketones (excluding diaryl/α,β-unsaturated/α-hetero) is 1. The van der Waals surface area contributed by atoms with Crippen molar-refractivity contribution in [3.63, 3.8) is 0 Å². The van der Waals surface area contributed by atoms with Gasteiger partial charge in [-0.25, -0.2) is 0 Å². The monoisotopic (exact) mass is 224 g/mol. The summed E-state index contributed by atoms with van der Waals surface area (Å²) in [6, 6.07) is 17.6. The average Bonchev–Trinajstić information content (AvgIpc) is 2.39. The zero-order chi connectivity index (χ0) is 12.3. The summed E-state index contributed by atoms with van der Waals surface area (Å²) in [5, 5.41) is 0. The van der Waals surface area contributed by atoms with E-state index in [4.69, 9.17) is 0 Å². The second-order valence-electron chi connectivity index (χ2n) is 4.36. The molecule has 0 radical (unpaired) electrons. The Kier molecular flexibility index (Phi) is 3.38. The van der Waals surface area contributed by atoms with Crippen molar-refractivity contribution in [3.8, 4) is 0 Å². The lowest BCUT2D eigenvalue weighted by molar-refractivity contribution is 0.0966. The van der Waals surface area contributed by atoms with Gasteiger partial charge in [-0.1, -0.05) is 67.1 Å². The Morgan fingerprint density at radius 3 is 2.12 bits per heavy atom. The number of ketones is 1. The van der Waals surface area contributed by atoms with Crippen molar-refractivity contribution in [1.29, 1.82) is 0 Å². The van der Waals surface area contributed by atoms with Gasteiger partial charge in [0.1, 0.15) is 0 Å². The number of benzene rings is 2. The van der Waals surface area contributed by atoms with Crippen LogP contribution >= 0.6 is 0 Å². The lowest BCUT2D eigenvalue weighted by atomic mass is 9.92. The summed E-state index contributed by atoms with van der Waals surface area (Å²) in [6.45, 7) is 4.01. The highest BCUT2D eigenvalue weighted by Gasteiger charge is 2.16. The van der Waals surface area contributed by atoms with E-state index in [1.54, 1.807) is 0 Å². The van der Waals surface area contributed by atoms with Gasteiger partial charge in [-0.3, -0.25) is 4.79 Å². The molecule has 2 rings (SSSR count). The van der Waals surface area contributed by atoms with Crippen molar-refractivity contribution in [2.24, 2.45) is 0 Å². The maximum atomic E-state index is 12.2. The van der Waals surface area contributed by atoms with Crippen LogP contribution in [0.25, 0.3) is 0 Å². The predicted octanol–water partition coefficient (Wildman–Crippen LogP) is 3.98. The van der Waals surface area contributed by atoms with Crippen LogP contribution in [0.15, 0.2) is 54.6 Å². The molecule has 1 heteroatoms. The largest absolute Gasteiger partial charge is 0.294 e. The van der Waals surface area contributed by atoms with Gasteiger partial charge >= 0.3 is 0 Å². The summed E-state index contributed by atoms with van der Waals surface area (Å²) in [5.41, 5.74) is 3.07. The second kappa shape index (κ2) is 4.96. The average molecular weight is 224 g/mol. The first-order valence-corrected chi connectivity index (χ1v) is 5.84. The van der Waals surface area contributed by atoms with Gasteiger partial charge in [0.2, 0.25) is 0 Å². The van der Waals surface area contributed by atoms with Crippen LogP contribution in [0.1, 0.15) is 34.3 Å². The molecule has 0 heterocycles. The zero-order valence-electron chi connectivity index (χ0n) is 10.2. The van der Waals surface area contributed by atoms with Crippen LogP contribution in [0.2, 0.25) is 0 Å². The summed E-state index contributed by atoms with van der Waals surface area (Å²) >= 11 is 0. The van der Waals surface area contributed by atoms with Crippen LogP contribution in [-0.4, -0.2) is 5.78 Å². The highest BCUT2D eigenvalue weighted by atomic mass is 16.1. The van der Waals surface area contributed by atoms with Gasteiger partial charge in [-0.15, -0.1) is 0 Å². The van der Waals surface area contributed by atoms with Crippen LogP contribution < -0.4 is 0 Å². The molecule has 0 saturated heterocycles. The Bertz CT molecular complexity index is 497. The molecule has 17 heavy (non-hydrogen) atoms. The maximum Gasteiger partial charge on any atom is 0.170 e. The highest BCUT2D eigenvalue weighted by molar-refractivity contribution is 6.00. The molecule has 0 saturated carbocycles. The molecule has 0 N–H and O–H groups in total. The van der Waals surface area contributed by atoms with Crippen molar-refractivity contribution in [2.45, 2.75) is 19.8 Å². The molecule has 0 aliphatic heterocycles. The van der Waals surface area contributed by atoms with Crippen LogP contribution in [0, 0.1) is 6.92 Å². The molecule has 0 unspecified atom stereocenters. The molecule has 0 spiro atoms. The summed E-state index contributed by atoms with van der Waals surface area (Å²) in [7, 11) is 0. The van der Waals surface area contributed by atoms with Gasteiger partial charge in [-0.2, -0.15) is 0 Å². The van der Waals surface area contributed by atoms with E-state index in [1.165, 1.54) is 5.56 Å². The van der Waals surface area contributed by atoms with Gasteiger partial charge in [0.05, 0.1) is 0 Å². The second-order valence-corrected chi connectivity index (χ2v) is 4.36. The van der Waals surface area contributed by atoms with E-state index in [-0.39, 0.29) is 11.7 Å². The van der Waals surface area contributed by atoms with Crippen molar-refractivity contribution < 1.29 is 4.79 Å². The molecule has 2 aromatic carbocycles. The summed E-state index contributed by atoms with van der Waals surface area (Å²) in [5.74, 6) is 0.0902. The molecule has 1 nitrogen and oxygen atoms in total. The normalized spacial score (nSPS) is 12.1. The van der Waals surface area contributed by atoms with Gasteiger partial charge in [0.15, 0.2) is 5.78 Å². The van der Waals surface area contributed by atoms with Gasteiger partial charge in [-0.05, 0) is 12.5 Å². The van der Waals surface area contributed by atoms with Crippen molar-refractivity contribution in [3.05, 3.63) is 71.3 Å². The standard InChI is InChI=1S/C16H16O/c1-12-8-10-14(11-9-12)13(2)16(17)15-6-4-3-5-7-15/h3-11,13H,1-2H3/t13-/m0/s1. The Morgan fingerprint density at radius 2 is 1.53 bits per heavy atom. The van der Waals surface area contributed by atoms with Crippen LogP contribution in [-0.2, 0) is 0 Å². The number of aryl methyl sites for hydroxylation is 1. The summed E-state index contributed by atoms with van der Waals surface area (Å²) < 4.78 is 0. The molecule has 2 aromatic rings. The minimum absolute atomic E-state index is 0.0852. The Labute approximate surface area is 102 Å². The molecule has 0 aliphatic rings. The van der Waals surface area contributed by atoms with Crippen molar-refractivity contribution >= 4 is 5.78 Å². The molecule has 0 aromatic heterocycles. The fourth-order valence-electron chi connectivity index (χ4n) is 1.86. The van der Waals surface area contributed by atoms with E-state index >= 15 is 0 Å². The van der Waals surface area contributed by atoms with E-state index in [0.29, 0.717) is 0 Å².